The largest absolute Gasteiger partial charge is 0.352 e. The first-order valence-corrected chi connectivity index (χ1v) is 5.76. The molecule has 5 heteroatoms. The van der Waals surface area contributed by atoms with E-state index in [1.54, 1.807) is 12.1 Å². The molecule has 0 radical (unpaired) electrons. The van der Waals surface area contributed by atoms with Crippen molar-refractivity contribution in [3.63, 3.8) is 0 Å². The van der Waals surface area contributed by atoms with Crippen LogP contribution >= 0.6 is 0 Å². The Hall–Kier alpha value is -2.04. The molecule has 0 aliphatic heterocycles. The maximum absolute atomic E-state index is 11.4. The Bertz CT molecular complexity index is 438. The summed E-state index contributed by atoms with van der Waals surface area (Å²) in [7, 11) is 0. The third-order valence-electron chi connectivity index (χ3n) is 2.37. The van der Waals surface area contributed by atoms with Crippen molar-refractivity contribution < 1.29 is 9.59 Å². The van der Waals surface area contributed by atoms with Crippen molar-refractivity contribution in [2.45, 2.75) is 26.8 Å². The Kier molecular flexibility index (Phi) is 5.17. The van der Waals surface area contributed by atoms with Crippen LogP contribution in [0.5, 0.6) is 0 Å². The summed E-state index contributed by atoms with van der Waals surface area (Å²) in [5, 5.41) is 5.12. The lowest BCUT2D eigenvalue weighted by Crippen LogP contribution is -2.23. The summed E-state index contributed by atoms with van der Waals surface area (Å²) in [4.78, 5) is 32.4. The van der Waals surface area contributed by atoms with Crippen molar-refractivity contribution >= 4 is 11.8 Å². The number of benzene rings is 1. The summed E-state index contributed by atoms with van der Waals surface area (Å²) in [6.45, 7) is 4.37. The number of carbonyl (C=O) groups excluding carboxylic acids is 2. The van der Waals surface area contributed by atoms with Crippen LogP contribution < -0.4 is 5.32 Å². The van der Waals surface area contributed by atoms with E-state index in [1.807, 2.05) is 13.8 Å². The molecule has 0 heterocycles. The topological polar surface area (TPSA) is 75.6 Å². The molecule has 0 atom stereocenters. The molecule has 1 aromatic carbocycles. The highest BCUT2D eigenvalue weighted by Gasteiger charge is 2.06. The molecular formula is C13H16N2O3. The van der Waals surface area contributed by atoms with Gasteiger partial charge in [0.2, 0.25) is 5.91 Å². The van der Waals surface area contributed by atoms with Crippen LogP contribution in [0.4, 0.5) is 0 Å². The number of hydrogen-bond donors (Lipinski definition) is 1. The lowest BCUT2D eigenvalue weighted by molar-refractivity contribution is -0.121. The van der Waals surface area contributed by atoms with Gasteiger partial charge in [-0.2, -0.15) is 0 Å². The summed E-state index contributed by atoms with van der Waals surface area (Å²) in [5.74, 6) is -0.464. The lowest BCUT2D eigenvalue weighted by atomic mass is 10.1. The Morgan fingerprint density at radius 1 is 1.22 bits per heavy atom. The maximum Gasteiger partial charge on any atom is 0.316 e. The van der Waals surface area contributed by atoms with Crippen LogP contribution in [-0.2, 0) is 11.3 Å². The van der Waals surface area contributed by atoms with Gasteiger partial charge in [-0.3, -0.25) is 9.59 Å². The molecule has 18 heavy (non-hydrogen) atoms. The van der Waals surface area contributed by atoms with Crippen molar-refractivity contribution in [3.8, 4) is 0 Å². The highest BCUT2D eigenvalue weighted by Crippen LogP contribution is 2.06. The van der Waals surface area contributed by atoms with Gasteiger partial charge in [0.1, 0.15) is 0 Å². The third kappa shape index (κ3) is 4.45. The summed E-state index contributed by atoms with van der Waals surface area (Å²) in [6, 6.07) is 6.42. The van der Waals surface area contributed by atoms with Gasteiger partial charge >= 0.3 is 5.91 Å². The second-order valence-corrected chi connectivity index (χ2v) is 4.47. The van der Waals surface area contributed by atoms with E-state index in [0.29, 0.717) is 18.9 Å². The molecule has 1 aromatic rings. The summed E-state index contributed by atoms with van der Waals surface area (Å²) in [6.07, 6.45) is 0.492. The van der Waals surface area contributed by atoms with Crippen molar-refractivity contribution in [1.29, 1.82) is 0 Å². The zero-order valence-electron chi connectivity index (χ0n) is 10.5. The van der Waals surface area contributed by atoms with Crippen LogP contribution in [0.1, 0.15) is 36.2 Å². The van der Waals surface area contributed by atoms with E-state index in [9.17, 15) is 14.5 Å². The Labute approximate surface area is 106 Å². The first-order chi connectivity index (χ1) is 8.52. The Morgan fingerprint density at radius 3 is 2.33 bits per heavy atom. The summed E-state index contributed by atoms with van der Waals surface area (Å²) in [5.41, 5.74) is 1.12. The number of hydrogen-bond acceptors (Lipinski definition) is 3. The minimum Gasteiger partial charge on any atom is -0.352 e. The Balaban J connectivity index is 2.51. The van der Waals surface area contributed by atoms with E-state index < -0.39 is 5.91 Å². The monoisotopic (exact) mass is 248 g/mol. The van der Waals surface area contributed by atoms with E-state index in [0.717, 1.165) is 5.56 Å². The molecule has 0 saturated carbocycles. The van der Waals surface area contributed by atoms with Crippen molar-refractivity contribution in [3.05, 3.63) is 40.3 Å². The summed E-state index contributed by atoms with van der Waals surface area (Å²) < 4.78 is 0. The van der Waals surface area contributed by atoms with E-state index in [-0.39, 0.29) is 11.5 Å². The van der Waals surface area contributed by atoms with Crippen LogP contribution in [0, 0.1) is 10.8 Å². The highest BCUT2D eigenvalue weighted by molar-refractivity contribution is 5.94. The molecule has 96 valence electrons. The minimum atomic E-state index is -0.787. The molecule has 0 aromatic heterocycles. The van der Waals surface area contributed by atoms with Gasteiger partial charge < -0.3 is 5.32 Å². The predicted octanol–water partition coefficient (Wildman–Crippen LogP) is 2.26. The van der Waals surface area contributed by atoms with E-state index >= 15 is 0 Å². The first kappa shape index (κ1) is 14.0. The second-order valence-electron chi connectivity index (χ2n) is 4.47. The van der Waals surface area contributed by atoms with Crippen molar-refractivity contribution in [2.75, 3.05) is 0 Å². The van der Waals surface area contributed by atoms with Crippen LogP contribution in [0.25, 0.3) is 0 Å². The molecule has 0 unspecified atom stereocenters. The fourth-order valence-electron chi connectivity index (χ4n) is 1.46. The average Bonchev–Trinajstić information content (AvgIpc) is 2.35. The lowest BCUT2D eigenvalue weighted by Gasteiger charge is -2.07. The molecule has 0 bridgehead atoms. The smallest absolute Gasteiger partial charge is 0.316 e. The highest BCUT2D eigenvalue weighted by atomic mass is 16.3. The standard InChI is InChI=1S/C13H16N2O3/c1-9(2)7-12(16)14-8-10-3-5-11(6-4-10)13(17)15-18/h3-6,9H,7-8H2,1-2H3,(H,14,16). The molecule has 1 N–H and O–H groups in total. The second kappa shape index (κ2) is 6.64. The fourth-order valence-corrected chi connectivity index (χ4v) is 1.46. The number of nitrogens with zero attached hydrogens (tertiary/aromatic N) is 1. The number of amides is 2. The van der Waals surface area contributed by atoms with Gasteiger partial charge in [-0.15, -0.1) is 4.91 Å². The maximum atomic E-state index is 11.4. The predicted molar refractivity (Wildman–Crippen MR) is 67.9 cm³/mol. The molecule has 0 fully saturated rings. The molecule has 0 aliphatic rings. The van der Waals surface area contributed by atoms with Gasteiger partial charge in [-0.1, -0.05) is 26.0 Å². The number of nitroso groups, excluding NO2 is 1. The normalized spacial score (nSPS) is 10.2. The quantitative estimate of drug-likeness (QED) is 0.812. The Morgan fingerprint density at radius 2 is 1.83 bits per heavy atom. The molecule has 0 spiro atoms. The number of carbonyl (C=O) groups is 2. The fraction of sp³-hybridized carbons (Fsp3) is 0.385. The van der Waals surface area contributed by atoms with Crippen LogP contribution in [0.2, 0.25) is 0 Å². The van der Waals surface area contributed by atoms with Gasteiger partial charge in [-0.25, -0.2) is 0 Å². The SMILES string of the molecule is CC(C)CC(=O)NCc1ccc(C(=O)N=O)cc1. The number of nitrogens with one attached hydrogen (secondary N) is 1. The molecule has 1 rings (SSSR count). The van der Waals surface area contributed by atoms with Crippen LogP contribution in [0.15, 0.2) is 29.4 Å². The van der Waals surface area contributed by atoms with Gasteiger partial charge in [0.25, 0.3) is 0 Å². The molecule has 0 saturated heterocycles. The summed E-state index contributed by atoms with van der Waals surface area (Å²) >= 11 is 0. The molecule has 2 amide bonds. The van der Waals surface area contributed by atoms with Gasteiger partial charge in [-0.05, 0) is 23.6 Å². The van der Waals surface area contributed by atoms with Crippen LogP contribution in [-0.4, -0.2) is 11.8 Å². The first-order valence-electron chi connectivity index (χ1n) is 5.76. The van der Waals surface area contributed by atoms with Gasteiger partial charge in [0.15, 0.2) is 0 Å². The van der Waals surface area contributed by atoms with E-state index in [2.05, 4.69) is 10.5 Å². The van der Waals surface area contributed by atoms with Gasteiger partial charge in [0.05, 0.1) is 0 Å². The third-order valence-corrected chi connectivity index (χ3v) is 2.37. The van der Waals surface area contributed by atoms with Crippen molar-refractivity contribution in [2.24, 2.45) is 11.1 Å². The average molecular weight is 248 g/mol. The minimum absolute atomic E-state index is 0.000267. The molecular weight excluding hydrogens is 232 g/mol. The molecule has 0 aliphatic carbocycles. The number of rotatable bonds is 5. The van der Waals surface area contributed by atoms with Gasteiger partial charge in [0, 0.05) is 23.7 Å². The zero-order valence-corrected chi connectivity index (χ0v) is 10.5. The molecule has 5 nitrogen and oxygen atoms in total. The van der Waals surface area contributed by atoms with E-state index in [1.165, 1.54) is 12.1 Å². The van der Waals surface area contributed by atoms with Crippen molar-refractivity contribution in [1.82, 2.24) is 5.32 Å². The zero-order chi connectivity index (χ0) is 13.5. The van der Waals surface area contributed by atoms with Crippen LogP contribution in [0.3, 0.4) is 0 Å². The van der Waals surface area contributed by atoms with E-state index in [4.69, 9.17) is 0 Å².